The van der Waals surface area contributed by atoms with E-state index in [1.807, 2.05) is 61.0 Å². The Morgan fingerprint density at radius 2 is 1.66 bits per heavy atom. The summed E-state index contributed by atoms with van der Waals surface area (Å²) >= 11 is 5.48. The third kappa shape index (κ3) is 4.86. The molecule has 0 aliphatic carbocycles. The lowest BCUT2D eigenvalue weighted by Crippen LogP contribution is -2.20. The van der Waals surface area contributed by atoms with E-state index in [4.69, 9.17) is 21.7 Å². The fraction of sp³-hybridized carbons (Fsp3) is 0.273. The molecule has 0 saturated heterocycles. The Morgan fingerprint density at radius 1 is 0.966 bits per heavy atom. The van der Waals surface area contributed by atoms with Crippen molar-refractivity contribution >= 4 is 28.7 Å². The molecule has 0 atom stereocenters. The third-order valence-electron chi connectivity index (χ3n) is 4.71. The van der Waals surface area contributed by atoms with Gasteiger partial charge in [-0.25, -0.2) is 0 Å². The molecule has 0 spiro atoms. The summed E-state index contributed by atoms with van der Waals surface area (Å²) in [5, 5.41) is 11.7. The lowest BCUT2D eigenvalue weighted by molar-refractivity contribution is 0.354. The van der Waals surface area contributed by atoms with Gasteiger partial charge in [-0.1, -0.05) is 23.8 Å². The highest BCUT2D eigenvalue weighted by atomic mass is 32.1. The molecule has 0 aliphatic rings. The Bertz CT molecular complexity index is 1010. The molecule has 6 nitrogen and oxygen atoms in total. The number of anilines is 2. The molecule has 2 aromatic carbocycles. The zero-order chi connectivity index (χ0) is 21.0. The second-order valence-electron chi connectivity index (χ2n) is 6.84. The van der Waals surface area contributed by atoms with E-state index in [1.54, 1.807) is 14.2 Å². The van der Waals surface area contributed by atoms with Crippen LogP contribution in [0.25, 0.3) is 0 Å². The molecule has 0 saturated carbocycles. The normalized spacial score (nSPS) is 10.5. The van der Waals surface area contributed by atoms with Crippen molar-refractivity contribution in [2.45, 2.75) is 27.3 Å². The maximum Gasteiger partial charge on any atom is 0.175 e. The molecule has 0 amide bonds. The van der Waals surface area contributed by atoms with Gasteiger partial charge >= 0.3 is 0 Å². The van der Waals surface area contributed by atoms with Gasteiger partial charge in [-0.05, 0) is 62.8 Å². The van der Waals surface area contributed by atoms with Crippen LogP contribution in [0.4, 0.5) is 11.4 Å². The number of hydrogen-bond donors (Lipinski definition) is 2. The summed E-state index contributed by atoms with van der Waals surface area (Å²) in [5.74, 6) is 1.41. The number of ether oxygens (including phenoxy) is 2. The molecule has 0 radical (unpaired) electrons. The second-order valence-corrected chi connectivity index (χ2v) is 7.25. The van der Waals surface area contributed by atoms with Crippen LogP contribution in [0.3, 0.4) is 0 Å². The predicted molar refractivity (Wildman–Crippen MR) is 121 cm³/mol. The van der Waals surface area contributed by atoms with Crippen LogP contribution in [0.1, 0.15) is 22.5 Å². The molecule has 0 unspecified atom stereocenters. The molecule has 3 aromatic rings. The third-order valence-corrected chi connectivity index (χ3v) is 4.91. The molecule has 0 fully saturated rings. The van der Waals surface area contributed by atoms with Crippen LogP contribution in [-0.2, 0) is 6.54 Å². The summed E-state index contributed by atoms with van der Waals surface area (Å²) in [6.07, 6.45) is 0. The highest BCUT2D eigenvalue weighted by Crippen LogP contribution is 2.28. The minimum Gasteiger partial charge on any atom is -0.493 e. The molecule has 0 bridgehead atoms. The van der Waals surface area contributed by atoms with Crippen LogP contribution >= 0.6 is 12.2 Å². The van der Waals surface area contributed by atoms with E-state index in [0.717, 1.165) is 28.3 Å². The molecule has 1 heterocycles. The van der Waals surface area contributed by atoms with E-state index in [9.17, 15) is 0 Å². The summed E-state index contributed by atoms with van der Waals surface area (Å²) in [6.45, 7) is 6.67. The molecule has 152 valence electrons. The van der Waals surface area contributed by atoms with Gasteiger partial charge in [-0.3, -0.25) is 4.68 Å². The van der Waals surface area contributed by atoms with E-state index < -0.39 is 0 Å². The Labute approximate surface area is 176 Å². The Kier molecular flexibility index (Phi) is 6.39. The predicted octanol–water partition coefficient (Wildman–Crippen LogP) is 4.68. The van der Waals surface area contributed by atoms with E-state index in [0.29, 0.717) is 23.2 Å². The first-order chi connectivity index (χ1) is 13.9. The minimum absolute atomic E-state index is 0.533. The summed E-state index contributed by atoms with van der Waals surface area (Å²) in [4.78, 5) is 0. The van der Waals surface area contributed by atoms with Gasteiger partial charge in [0.25, 0.3) is 0 Å². The zero-order valence-corrected chi connectivity index (χ0v) is 18.2. The Hall–Kier alpha value is -3.06. The maximum absolute atomic E-state index is 5.48. The number of hydrogen-bond acceptors (Lipinski definition) is 4. The van der Waals surface area contributed by atoms with E-state index >= 15 is 0 Å². The molecule has 29 heavy (non-hydrogen) atoms. The number of rotatable bonds is 6. The summed E-state index contributed by atoms with van der Waals surface area (Å²) in [5.41, 5.74) is 6.02. The Morgan fingerprint density at radius 3 is 2.31 bits per heavy atom. The molecule has 0 aliphatic heterocycles. The first-order valence-corrected chi connectivity index (χ1v) is 9.71. The van der Waals surface area contributed by atoms with Gasteiger partial charge in [0, 0.05) is 5.69 Å². The van der Waals surface area contributed by atoms with Crippen LogP contribution in [0.2, 0.25) is 0 Å². The summed E-state index contributed by atoms with van der Waals surface area (Å²) in [6, 6.07) is 14.0. The van der Waals surface area contributed by atoms with Crippen LogP contribution in [-0.4, -0.2) is 29.1 Å². The van der Waals surface area contributed by atoms with Crippen molar-refractivity contribution in [3.63, 3.8) is 0 Å². The number of aromatic nitrogens is 2. The summed E-state index contributed by atoms with van der Waals surface area (Å²) in [7, 11) is 3.26. The minimum atomic E-state index is 0.533. The number of thiocarbonyl (C=S) groups is 1. The number of nitrogens with zero attached hydrogens (tertiary/aromatic N) is 2. The number of benzene rings is 2. The molecular formula is C22H26N4O2S. The standard InChI is InChI=1S/C22H26N4O2S/c1-14-6-9-18(10-7-14)23-22(29)24-21-15(2)25-26(16(21)3)13-17-8-11-19(27-4)20(12-17)28-5/h6-12H,13H2,1-5H3,(H2,23,24,29). The Balaban J connectivity index is 1.74. The molecular weight excluding hydrogens is 384 g/mol. The van der Waals surface area contributed by atoms with Gasteiger partial charge in [0.05, 0.1) is 37.8 Å². The van der Waals surface area contributed by atoms with Gasteiger partial charge in [-0.15, -0.1) is 0 Å². The first-order valence-electron chi connectivity index (χ1n) is 9.31. The van der Waals surface area contributed by atoms with E-state index in [2.05, 4.69) is 22.7 Å². The van der Waals surface area contributed by atoms with Gasteiger partial charge < -0.3 is 20.1 Å². The average molecular weight is 411 g/mol. The summed E-state index contributed by atoms with van der Waals surface area (Å²) < 4.78 is 12.7. The fourth-order valence-electron chi connectivity index (χ4n) is 3.10. The SMILES string of the molecule is COc1ccc(Cn2nc(C)c(NC(=S)Nc3ccc(C)cc3)c2C)cc1OC. The zero-order valence-electron chi connectivity index (χ0n) is 17.4. The van der Waals surface area contributed by atoms with Crippen LogP contribution in [0.15, 0.2) is 42.5 Å². The van der Waals surface area contributed by atoms with Crippen molar-refractivity contribution < 1.29 is 9.47 Å². The van der Waals surface area contributed by atoms with Crippen molar-refractivity contribution in [2.24, 2.45) is 0 Å². The van der Waals surface area contributed by atoms with Crippen molar-refractivity contribution in [1.82, 2.24) is 9.78 Å². The molecule has 7 heteroatoms. The lowest BCUT2D eigenvalue weighted by Gasteiger charge is -2.12. The molecule has 1 aromatic heterocycles. The van der Waals surface area contributed by atoms with E-state index in [-0.39, 0.29) is 0 Å². The highest BCUT2D eigenvalue weighted by molar-refractivity contribution is 7.80. The smallest absolute Gasteiger partial charge is 0.175 e. The fourth-order valence-corrected chi connectivity index (χ4v) is 3.32. The second kappa shape index (κ2) is 8.96. The largest absolute Gasteiger partial charge is 0.493 e. The lowest BCUT2D eigenvalue weighted by atomic mass is 10.2. The van der Waals surface area contributed by atoms with Gasteiger partial charge in [-0.2, -0.15) is 5.10 Å². The quantitative estimate of drug-likeness (QED) is 0.575. The topological polar surface area (TPSA) is 60.3 Å². The van der Waals surface area contributed by atoms with Crippen molar-refractivity contribution in [2.75, 3.05) is 24.9 Å². The number of nitrogens with one attached hydrogen (secondary N) is 2. The van der Waals surface area contributed by atoms with Crippen molar-refractivity contribution in [3.05, 3.63) is 65.0 Å². The van der Waals surface area contributed by atoms with Gasteiger partial charge in [0.1, 0.15) is 0 Å². The van der Waals surface area contributed by atoms with Crippen LogP contribution in [0.5, 0.6) is 11.5 Å². The number of aryl methyl sites for hydroxylation is 2. The highest BCUT2D eigenvalue weighted by Gasteiger charge is 2.14. The first kappa shape index (κ1) is 20.7. The van der Waals surface area contributed by atoms with Crippen molar-refractivity contribution in [3.8, 4) is 11.5 Å². The monoisotopic (exact) mass is 410 g/mol. The number of methoxy groups -OCH3 is 2. The van der Waals surface area contributed by atoms with Crippen LogP contribution < -0.4 is 20.1 Å². The van der Waals surface area contributed by atoms with E-state index in [1.165, 1.54) is 5.56 Å². The molecule has 2 N–H and O–H groups in total. The van der Waals surface area contributed by atoms with Gasteiger partial charge in [0.15, 0.2) is 16.6 Å². The van der Waals surface area contributed by atoms with Gasteiger partial charge in [0.2, 0.25) is 0 Å². The average Bonchev–Trinajstić information content (AvgIpc) is 2.97. The van der Waals surface area contributed by atoms with Crippen LogP contribution in [0, 0.1) is 20.8 Å². The maximum atomic E-state index is 5.48. The van der Waals surface area contributed by atoms with Crippen molar-refractivity contribution in [1.29, 1.82) is 0 Å². The molecule has 3 rings (SSSR count).